The molecule has 0 aromatic heterocycles. The van der Waals surface area contributed by atoms with E-state index in [4.69, 9.17) is 0 Å². The summed E-state index contributed by atoms with van der Waals surface area (Å²) in [5.41, 5.74) is 0. The first-order chi connectivity index (χ1) is 5.45. The van der Waals surface area contributed by atoms with Gasteiger partial charge in [0.05, 0.1) is 0 Å². The lowest BCUT2D eigenvalue weighted by molar-refractivity contribution is 0.371. The lowest BCUT2D eigenvalue weighted by Gasteiger charge is -2.18. The summed E-state index contributed by atoms with van der Waals surface area (Å²) >= 11 is 0. The topological polar surface area (TPSA) is 15.3 Å². The smallest absolute Gasteiger partial charge is 0.0420 e. The maximum Gasteiger partial charge on any atom is 0.0420 e. The van der Waals surface area contributed by atoms with Gasteiger partial charge in [0.2, 0.25) is 0 Å². The van der Waals surface area contributed by atoms with Crippen molar-refractivity contribution in [2.75, 3.05) is 19.6 Å². The molecule has 63 valence electrons. The first-order valence-electron chi connectivity index (χ1n) is 4.77. The van der Waals surface area contributed by atoms with Gasteiger partial charge in [0, 0.05) is 12.6 Å². The summed E-state index contributed by atoms with van der Waals surface area (Å²) in [6.07, 6.45) is 5.48. The molecule has 2 aliphatic heterocycles. The number of likely N-dealkylation sites (tertiary alicyclic amines) is 1. The average Bonchev–Trinajstić information content (AvgIpc) is 2.60. The van der Waals surface area contributed by atoms with Gasteiger partial charge in [-0.1, -0.05) is 0 Å². The predicted octanol–water partition coefficient (Wildman–Crippen LogP) is 0.996. The third-order valence-electron chi connectivity index (χ3n) is 2.63. The molecule has 0 amide bonds. The van der Waals surface area contributed by atoms with Gasteiger partial charge in [-0.15, -0.1) is 0 Å². The third-order valence-corrected chi connectivity index (χ3v) is 2.63. The van der Waals surface area contributed by atoms with Crippen molar-refractivity contribution in [3.63, 3.8) is 0 Å². The van der Waals surface area contributed by atoms with Crippen molar-refractivity contribution in [2.45, 2.75) is 31.7 Å². The molecule has 11 heavy (non-hydrogen) atoms. The van der Waals surface area contributed by atoms with Gasteiger partial charge in [-0.05, 0) is 45.3 Å². The Morgan fingerprint density at radius 2 is 2.00 bits per heavy atom. The SMILES string of the molecule is [CH]([C@@H]1CCCN1)N1CCCC1. The van der Waals surface area contributed by atoms with Crippen molar-refractivity contribution < 1.29 is 0 Å². The van der Waals surface area contributed by atoms with E-state index in [2.05, 4.69) is 16.8 Å². The Kier molecular flexibility index (Phi) is 2.44. The molecule has 2 aliphatic rings. The molecule has 2 fully saturated rings. The Labute approximate surface area is 69.0 Å². The van der Waals surface area contributed by atoms with Crippen LogP contribution in [0.25, 0.3) is 0 Å². The van der Waals surface area contributed by atoms with E-state index >= 15 is 0 Å². The largest absolute Gasteiger partial charge is 0.312 e. The minimum atomic E-state index is 0.688. The Morgan fingerprint density at radius 3 is 2.64 bits per heavy atom. The van der Waals surface area contributed by atoms with E-state index in [1.165, 1.54) is 45.3 Å². The van der Waals surface area contributed by atoms with Crippen LogP contribution < -0.4 is 5.32 Å². The molecule has 0 saturated carbocycles. The van der Waals surface area contributed by atoms with Crippen LogP contribution in [0.15, 0.2) is 0 Å². The first kappa shape index (κ1) is 7.56. The number of hydrogen-bond acceptors (Lipinski definition) is 2. The minimum Gasteiger partial charge on any atom is -0.312 e. The van der Waals surface area contributed by atoms with Crippen molar-refractivity contribution in [3.05, 3.63) is 6.54 Å². The molecule has 2 heterocycles. The van der Waals surface area contributed by atoms with Gasteiger partial charge < -0.3 is 5.32 Å². The van der Waals surface area contributed by atoms with E-state index in [-0.39, 0.29) is 0 Å². The zero-order chi connectivity index (χ0) is 7.52. The molecule has 2 rings (SSSR count). The maximum atomic E-state index is 3.49. The zero-order valence-corrected chi connectivity index (χ0v) is 7.05. The van der Waals surface area contributed by atoms with E-state index in [0.717, 1.165) is 0 Å². The van der Waals surface area contributed by atoms with Gasteiger partial charge in [-0.2, -0.15) is 0 Å². The molecule has 0 bridgehead atoms. The van der Waals surface area contributed by atoms with Crippen LogP contribution in [0.3, 0.4) is 0 Å². The Hall–Kier alpha value is -0.0800. The van der Waals surface area contributed by atoms with Gasteiger partial charge >= 0.3 is 0 Å². The van der Waals surface area contributed by atoms with E-state index in [1.54, 1.807) is 0 Å². The molecule has 2 nitrogen and oxygen atoms in total. The van der Waals surface area contributed by atoms with Gasteiger partial charge in [0.15, 0.2) is 0 Å². The van der Waals surface area contributed by atoms with Gasteiger partial charge in [-0.3, -0.25) is 4.90 Å². The second kappa shape index (κ2) is 3.55. The molecule has 1 atom stereocenters. The second-order valence-corrected chi connectivity index (χ2v) is 3.59. The molecule has 0 unspecified atom stereocenters. The van der Waals surface area contributed by atoms with Crippen molar-refractivity contribution in [3.8, 4) is 0 Å². The monoisotopic (exact) mass is 153 g/mol. The molecular weight excluding hydrogens is 136 g/mol. The second-order valence-electron chi connectivity index (χ2n) is 3.59. The van der Waals surface area contributed by atoms with Crippen LogP contribution in [0.1, 0.15) is 25.7 Å². The zero-order valence-electron chi connectivity index (χ0n) is 7.05. The molecule has 0 aromatic rings. The highest BCUT2D eigenvalue weighted by molar-refractivity contribution is 4.88. The third kappa shape index (κ3) is 1.94. The summed E-state index contributed by atoms with van der Waals surface area (Å²) < 4.78 is 0. The fourth-order valence-electron chi connectivity index (χ4n) is 1.98. The van der Waals surface area contributed by atoms with Gasteiger partial charge in [0.1, 0.15) is 0 Å². The number of nitrogens with zero attached hydrogens (tertiary/aromatic N) is 1. The lowest BCUT2D eigenvalue weighted by atomic mass is 10.2. The number of nitrogens with one attached hydrogen (secondary N) is 1. The van der Waals surface area contributed by atoms with E-state index < -0.39 is 0 Å². The minimum absolute atomic E-state index is 0.688. The highest BCUT2D eigenvalue weighted by Crippen LogP contribution is 2.15. The van der Waals surface area contributed by atoms with Gasteiger partial charge in [0.25, 0.3) is 0 Å². The normalized spacial score (nSPS) is 33.3. The van der Waals surface area contributed by atoms with E-state index in [9.17, 15) is 0 Å². The van der Waals surface area contributed by atoms with Crippen LogP contribution in [0.2, 0.25) is 0 Å². The summed E-state index contributed by atoms with van der Waals surface area (Å²) in [5.74, 6) is 0. The summed E-state index contributed by atoms with van der Waals surface area (Å²) in [6, 6.07) is 0.688. The molecular formula is C9H17N2. The van der Waals surface area contributed by atoms with Crippen molar-refractivity contribution in [1.29, 1.82) is 0 Å². The van der Waals surface area contributed by atoms with Crippen molar-refractivity contribution in [1.82, 2.24) is 10.2 Å². The van der Waals surface area contributed by atoms with Crippen LogP contribution >= 0.6 is 0 Å². The van der Waals surface area contributed by atoms with Crippen molar-refractivity contribution >= 4 is 0 Å². The highest BCUT2D eigenvalue weighted by atomic mass is 15.2. The van der Waals surface area contributed by atoms with Crippen LogP contribution in [0, 0.1) is 6.54 Å². The highest BCUT2D eigenvalue weighted by Gasteiger charge is 2.19. The molecule has 1 N–H and O–H groups in total. The molecule has 2 saturated heterocycles. The molecule has 2 heteroatoms. The molecule has 1 radical (unpaired) electrons. The first-order valence-corrected chi connectivity index (χ1v) is 4.77. The Morgan fingerprint density at radius 1 is 1.18 bits per heavy atom. The summed E-state index contributed by atoms with van der Waals surface area (Å²) in [6.45, 7) is 6.20. The van der Waals surface area contributed by atoms with Crippen LogP contribution in [-0.4, -0.2) is 30.6 Å². The quantitative estimate of drug-likeness (QED) is 0.636. The van der Waals surface area contributed by atoms with Crippen LogP contribution in [-0.2, 0) is 0 Å². The predicted molar refractivity (Wildman–Crippen MR) is 46.1 cm³/mol. The fourth-order valence-corrected chi connectivity index (χ4v) is 1.98. The van der Waals surface area contributed by atoms with Gasteiger partial charge in [-0.25, -0.2) is 0 Å². The molecule has 0 aromatic carbocycles. The summed E-state index contributed by atoms with van der Waals surface area (Å²) in [5, 5.41) is 3.49. The number of rotatable bonds is 2. The van der Waals surface area contributed by atoms with Crippen LogP contribution in [0.5, 0.6) is 0 Å². The van der Waals surface area contributed by atoms with Crippen LogP contribution in [0.4, 0.5) is 0 Å². The Balaban J connectivity index is 1.71. The van der Waals surface area contributed by atoms with E-state index in [0.29, 0.717) is 6.04 Å². The van der Waals surface area contributed by atoms with Crippen molar-refractivity contribution in [2.24, 2.45) is 0 Å². The molecule has 0 aliphatic carbocycles. The number of hydrogen-bond donors (Lipinski definition) is 1. The maximum absolute atomic E-state index is 3.49. The lowest BCUT2D eigenvalue weighted by Crippen LogP contribution is -2.30. The standard InChI is InChI=1S/C9H17N2/c1-2-7-11(6-1)8-9-4-3-5-10-9/h8-10H,1-7H2/t9-/m0/s1. The fraction of sp³-hybridized carbons (Fsp3) is 0.889. The Bertz CT molecular complexity index is 98.7. The summed E-state index contributed by atoms with van der Waals surface area (Å²) in [7, 11) is 0. The summed E-state index contributed by atoms with van der Waals surface area (Å²) in [4.78, 5) is 2.48. The molecule has 0 spiro atoms. The average molecular weight is 153 g/mol. The van der Waals surface area contributed by atoms with E-state index in [1.807, 2.05) is 0 Å².